The number of hydrazine groups is 1. The smallest absolute Gasteiger partial charge is 0.335 e. The fraction of sp³-hybridized carbons (Fsp3) is 0.276. The number of fused-ring (bicyclic) bond motifs is 1. The summed E-state index contributed by atoms with van der Waals surface area (Å²) in [5, 5.41) is 17.0. The van der Waals surface area contributed by atoms with Gasteiger partial charge >= 0.3 is 5.69 Å². The fourth-order valence-corrected chi connectivity index (χ4v) is 4.73. The van der Waals surface area contributed by atoms with Crippen molar-refractivity contribution in [3.05, 3.63) is 105 Å². The van der Waals surface area contributed by atoms with Gasteiger partial charge < -0.3 is 25.3 Å². The Morgan fingerprint density at radius 2 is 1.88 bits per heavy atom. The molecule has 3 atom stereocenters. The van der Waals surface area contributed by atoms with Crippen molar-refractivity contribution < 1.29 is 23.4 Å². The normalized spacial score (nSPS) is 15.4. The molecule has 0 saturated carbocycles. The van der Waals surface area contributed by atoms with Gasteiger partial charge in [0.15, 0.2) is 17.8 Å². The van der Waals surface area contributed by atoms with Crippen LogP contribution in [0.5, 0.6) is 11.5 Å². The molecule has 14 heteroatoms. The Labute approximate surface area is 244 Å². The number of benzene rings is 2. The molecule has 2 aromatic heterocycles. The van der Waals surface area contributed by atoms with E-state index in [9.17, 15) is 19.1 Å². The van der Waals surface area contributed by atoms with Crippen molar-refractivity contribution in [1.29, 1.82) is 0 Å². The van der Waals surface area contributed by atoms with Crippen LogP contribution in [-0.2, 0) is 11.3 Å². The molecule has 0 saturated heterocycles. The molecule has 1 aliphatic rings. The maximum absolute atomic E-state index is 15.2. The Hall–Kier alpha value is -4.63. The number of hydrogen-bond acceptors (Lipinski definition) is 10. The van der Waals surface area contributed by atoms with E-state index in [-0.39, 0.29) is 41.4 Å². The van der Waals surface area contributed by atoms with Crippen molar-refractivity contribution in [3.63, 3.8) is 0 Å². The molecule has 3 heterocycles. The number of ether oxygens (including phenoxy) is 2. The van der Waals surface area contributed by atoms with Gasteiger partial charge in [0, 0.05) is 43.8 Å². The second-order valence-corrected chi connectivity index (χ2v) is 9.86. The van der Waals surface area contributed by atoms with Gasteiger partial charge in [-0.2, -0.15) is 0 Å². The van der Waals surface area contributed by atoms with E-state index in [4.69, 9.17) is 9.47 Å². The van der Waals surface area contributed by atoms with Crippen LogP contribution in [0.15, 0.2) is 70.5 Å². The monoisotopic (exact) mass is 595 g/mol. The summed E-state index contributed by atoms with van der Waals surface area (Å²) in [7, 11) is 1.61. The lowest BCUT2D eigenvalue weighted by molar-refractivity contribution is 0.165. The molecule has 0 bridgehead atoms. The standard InChI is InChI=1S/C29H31F2N7O5/c1-4-37-14-20(28(40)38(29(37)41)19-8-5-17(30)6-9-19)27(39)34-18-7-10-22(21(31)13-18)43-23-11-12-32-25-24(23)26(36-35-25)33-16(2)15-42-3/h5-14,16,26-27,33-34,36,39H,4,15H2,1-3H3,(H,32,35)/t16-,26?,27?/m0/s1. The van der Waals surface area contributed by atoms with E-state index in [1.165, 1.54) is 41.2 Å². The molecule has 0 fully saturated rings. The molecule has 2 unspecified atom stereocenters. The lowest BCUT2D eigenvalue weighted by Crippen LogP contribution is -2.41. The Bertz CT molecular complexity index is 1730. The molecule has 0 radical (unpaired) electrons. The lowest BCUT2D eigenvalue weighted by atomic mass is 10.1. The first-order chi connectivity index (χ1) is 20.7. The van der Waals surface area contributed by atoms with Crippen LogP contribution in [0.4, 0.5) is 20.3 Å². The zero-order valence-electron chi connectivity index (χ0n) is 23.6. The van der Waals surface area contributed by atoms with Crippen LogP contribution in [-0.4, -0.2) is 39.0 Å². The number of aliphatic hydroxyl groups excluding tert-OH is 1. The zero-order valence-corrected chi connectivity index (χ0v) is 23.6. The molecule has 0 amide bonds. The number of methoxy groups -OCH3 is 1. The topological polar surface area (TPSA) is 144 Å². The summed E-state index contributed by atoms with van der Waals surface area (Å²) >= 11 is 0. The summed E-state index contributed by atoms with van der Waals surface area (Å²) in [4.78, 5) is 30.4. The third-order valence-corrected chi connectivity index (χ3v) is 6.80. The van der Waals surface area contributed by atoms with Crippen molar-refractivity contribution in [2.45, 2.75) is 38.8 Å². The van der Waals surface area contributed by atoms with E-state index in [2.05, 4.69) is 26.5 Å². The van der Waals surface area contributed by atoms with E-state index < -0.39 is 29.1 Å². The molecule has 0 aliphatic carbocycles. The van der Waals surface area contributed by atoms with Crippen LogP contribution in [0.1, 0.15) is 37.4 Å². The molecule has 5 N–H and O–H groups in total. The van der Waals surface area contributed by atoms with Gasteiger partial charge in [0.25, 0.3) is 5.56 Å². The van der Waals surface area contributed by atoms with Crippen LogP contribution in [0.3, 0.4) is 0 Å². The number of nitrogens with one attached hydrogen (secondary N) is 4. The van der Waals surface area contributed by atoms with Crippen molar-refractivity contribution in [3.8, 4) is 17.2 Å². The highest BCUT2D eigenvalue weighted by Crippen LogP contribution is 2.37. The molecular weight excluding hydrogens is 564 g/mol. The van der Waals surface area contributed by atoms with E-state index in [1.54, 1.807) is 20.1 Å². The second-order valence-electron chi connectivity index (χ2n) is 9.86. The average molecular weight is 596 g/mol. The molecule has 5 rings (SSSR count). The highest BCUT2D eigenvalue weighted by atomic mass is 19.1. The van der Waals surface area contributed by atoms with Crippen molar-refractivity contribution >= 4 is 11.5 Å². The number of aliphatic hydroxyl groups is 1. The molecule has 2 aromatic carbocycles. The number of pyridine rings is 1. The van der Waals surface area contributed by atoms with Crippen molar-refractivity contribution in [2.24, 2.45) is 0 Å². The van der Waals surface area contributed by atoms with E-state index >= 15 is 4.39 Å². The number of nitrogens with zero attached hydrogens (tertiary/aromatic N) is 3. The van der Waals surface area contributed by atoms with Gasteiger partial charge in [0.1, 0.15) is 23.6 Å². The van der Waals surface area contributed by atoms with E-state index in [1.807, 2.05) is 6.92 Å². The zero-order chi connectivity index (χ0) is 30.7. The summed E-state index contributed by atoms with van der Waals surface area (Å²) in [5.41, 5.74) is 5.37. The number of aromatic nitrogens is 3. The highest BCUT2D eigenvalue weighted by molar-refractivity contribution is 5.58. The predicted octanol–water partition coefficient (Wildman–Crippen LogP) is 3.14. The Balaban J connectivity index is 1.38. The maximum atomic E-state index is 15.2. The SMILES string of the molecule is CCn1cc(C(O)Nc2ccc(Oc3ccnc4c3C(N[C@@H](C)COC)NN4)c(F)c2)c(=O)n(-c2ccc(F)cc2)c1=O. The summed E-state index contributed by atoms with van der Waals surface area (Å²) in [6.07, 6.45) is 0.779. The van der Waals surface area contributed by atoms with Crippen molar-refractivity contribution in [2.75, 3.05) is 24.5 Å². The first-order valence-corrected chi connectivity index (χ1v) is 13.5. The Morgan fingerprint density at radius 3 is 2.58 bits per heavy atom. The Kier molecular flexibility index (Phi) is 8.82. The summed E-state index contributed by atoms with van der Waals surface area (Å²) in [5.74, 6) is -0.452. The minimum Gasteiger partial charge on any atom is -0.454 e. The number of halogens is 2. The third-order valence-electron chi connectivity index (χ3n) is 6.80. The minimum atomic E-state index is -1.61. The third kappa shape index (κ3) is 6.27. The minimum absolute atomic E-state index is 0.00622. The van der Waals surface area contributed by atoms with Gasteiger partial charge in [-0.05, 0) is 56.3 Å². The van der Waals surface area contributed by atoms with E-state index in [0.717, 1.165) is 22.8 Å². The van der Waals surface area contributed by atoms with Gasteiger partial charge in [-0.15, -0.1) is 0 Å². The number of aryl methyl sites for hydroxylation is 1. The number of rotatable bonds is 11. The van der Waals surface area contributed by atoms with Crippen LogP contribution in [0, 0.1) is 11.6 Å². The summed E-state index contributed by atoms with van der Waals surface area (Å²) in [6, 6.07) is 10.4. The Morgan fingerprint density at radius 1 is 1.12 bits per heavy atom. The summed E-state index contributed by atoms with van der Waals surface area (Å²) < 4.78 is 41.9. The lowest BCUT2D eigenvalue weighted by Gasteiger charge is -2.21. The van der Waals surface area contributed by atoms with E-state index in [0.29, 0.717) is 23.7 Å². The molecule has 12 nitrogen and oxygen atoms in total. The van der Waals surface area contributed by atoms with Gasteiger partial charge in [-0.1, -0.05) is 0 Å². The van der Waals surface area contributed by atoms with Crippen LogP contribution >= 0.6 is 0 Å². The maximum Gasteiger partial charge on any atom is 0.335 e. The van der Waals surface area contributed by atoms with Gasteiger partial charge in [0.2, 0.25) is 0 Å². The summed E-state index contributed by atoms with van der Waals surface area (Å²) in [6.45, 7) is 4.32. The first-order valence-electron chi connectivity index (χ1n) is 13.5. The molecule has 0 spiro atoms. The van der Waals surface area contributed by atoms with Gasteiger partial charge in [0.05, 0.1) is 23.4 Å². The number of hydrogen-bond donors (Lipinski definition) is 5. The van der Waals surface area contributed by atoms with Gasteiger partial charge in [-0.3, -0.25) is 14.7 Å². The van der Waals surface area contributed by atoms with Crippen LogP contribution in [0.2, 0.25) is 0 Å². The average Bonchev–Trinajstić information content (AvgIpc) is 3.39. The van der Waals surface area contributed by atoms with Gasteiger partial charge in [-0.25, -0.2) is 28.6 Å². The van der Waals surface area contributed by atoms with Crippen LogP contribution < -0.4 is 37.5 Å². The van der Waals surface area contributed by atoms with Crippen LogP contribution in [0.25, 0.3) is 5.69 Å². The molecule has 43 heavy (non-hydrogen) atoms. The molecular formula is C29H31F2N7O5. The quantitative estimate of drug-likeness (QED) is 0.164. The largest absolute Gasteiger partial charge is 0.454 e. The first kappa shape index (κ1) is 29.8. The van der Waals surface area contributed by atoms with Crippen molar-refractivity contribution in [1.82, 2.24) is 24.9 Å². The second kappa shape index (κ2) is 12.7. The molecule has 226 valence electrons. The predicted molar refractivity (Wildman–Crippen MR) is 155 cm³/mol. The highest BCUT2D eigenvalue weighted by Gasteiger charge is 2.29. The molecule has 1 aliphatic heterocycles. The molecule has 4 aromatic rings. The fourth-order valence-electron chi connectivity index (χ4n) is 4.73. The number of anilines is 2.